The SMILES string of the molecule is N=CC(=N)OC1CC(F)C1. The molecule has 0 radical (unpaired) electrons. The minimum atomic E-state index is -0.761. The van der Waals surface area contributed by atoms with E-state index in [1.165, 1.54) is 0 Å². The topological polar surface area (TPSA) is 56.9 Å². The summed E-state index contributed by atoms with van der Waals surface area (Å²) in [6.45, 7) is 0. The van der Waals surface area contributed by atoms with Crippen LogP contribution in [0.15, 0.2) is 0 Å². The van der Waals surface area contributed by atoms with Crippen molar-refractivity contribution in [3.05, 3.63) is 0 Å². The number of ether oxygens (including phenoxy) is 1. The van der Waals surface area contributed by atoms with Gasteiger partial charge in [-0.2, -0.15) is 0 Å². The average molecular weight is 144 g/mol. The predicted molar refractivity (Wildman–Crippen MR) is 35.5 cm³/mol. The third kappa shape index (κ3) is 1.52. The number of nitrogens with one attached hydrogen (secondary N) is 2. The number of alkyl halides is 1. The maximum atomic E-state index is 12.1. The second-order valence-electron chi connectivity index (χ2n) is 2.32. The maximum Gasteiger partial charge on any atom is 0.224 e. The van der Waals surface area contributed by atoms with Gasteiger partial charge in [0.25, 0.3) is 0 Å². The highest BCUT2D eigenvalue weighted by Crippen LogP contribution is 2.25. The molecule has 0 aliphatic heterocycles. The molecule has 1 aliphatic carbocycles. The fourth-order valence-corrected chi connectivity index (χ4v) is 0.811. The van der Waals surface area contributed by atoms with Crippen LogP contribution < -0.4 is 0 Å². The molecule has 0 heterocycles. The molecule has 3 nitrogen and oxygen atoms in total. The second kappa shape index (κ2) is 2.77. The summed E-state index contributed by atoms with van der Waals surface area (Å²) in [5.74, 6) is -0.183. The Hall–Kier alpha value is -0.930. The van der Waals surface area contributed by atoms with Gasteiger partial charge < -0.3 is 10.1 Å². The zero-order valence-electron chi connectivity index (χ0n) is 5.43. The van der Waals surface area contributed by atoms with Crippen LogP contribution in [0.2, 0.25) is 0 Å². The van der Waals surface area contributed by atoms with E-state index in [9.17, 15) is 4.39 Å². The molecule has 0 aromatic heterocycles. The van der Waals surface area contributed by atoms with Gasteiger partial charge in [-0.05, 0) is 0 Å². The molecular weight excluding hydrogens is 135 g/mol. The van der Waals surface area contributed by atoms with Crippen molar-refractivity contribution < 1.29 is 9.13 Å². The van der Waals surface area contributed by atoms with Crippen LogP contribution >= 0.6 is 0 Å². The molecule has 0 bridgehead atoms. The summed E-state index contributed by atoms with van der Waals surface area (Å²) in [5.41, 5.74) is 0. The molecule has 4 heteroatoms. The lowest BCUT2D eigenvalue weighted by atomic mass is 9.94. The summed E-state index contributed by atoms with van der Waals surface area (Å²) in [6, 6.07) is 0. The average Bonchev–Trinajstić information content (AvgIpc) is 1.84. The van der Waals surface area contributed by atoms with Gasteiger partial charge in [0.05, 0.1) is 6.21 Å². The van der Waals surface area contributed by atoms with Crippen LogP contribution in [0.1, 0.15) is 12.8 Å². The van der Waals surface area contributed by atoms with Crippen LogP contribution in [0.25, 0.3) is 0 Å². The van der Waals surface area contributed by atoms with Crippen LogP contribution in [0.4, 0.5) is 4.39 Å². The zero-order valence-corrected chi connectivity index (χ0v) is 5.43. The van der Waals surface area contributed by atoms with E-state index in [2.05, 4.69) is 0 Å². The lowest BCUT2D eigenvalue weighted by Gasteiger charge is -2.29. The fourth-order valence-electron chi connectivity index (χ4n) is 0.811. The minimum Gasteiger partial charge on any atom is -0.473 e. The Morgan fingerprint density at radius 2 is 2.20 bits per heavy atom. The van der Waals surface area contributed by atoms with E-state index in [4.69, 9.17) is 15.6 Å². The Labute approximate surface area is 58.2 Å². The molecular formula is C6H9FN2O. The molecule has 0 saturated heterocycles. The molecule has 56 valence electrons. The second-order valence-corrected chi connectivity index (χ2v) is 2.32. The van der Waals surface area contributed by atoms with Gasteiger partial charge in [-0.15, -0.1) is 0 Å². The first-order chi connectivity index (χ1) is 4.72. The molecule has 0 unspecified atom stereocenters. The summed E-state index contributed by atoms with van der Waals surface area (Å²) < 4.78 is 16.9. The van der Waals surface area contributed by atoms with Gasteiger partial charge in [0.15, 0.2) is 0 Å². The molecule has 1 aliphatic rings. The molecule has 0 aromatic carbocycles. The largest absolute Gasteiger partial charge is 0.473 e. The third-order valence-electron chi connectivity index (χ3n) is 1.46. The molecule has 0 spiro atoms. The van der Waals surface area contributed by atoms with Crippen LogP contribution in [-0.4, -0.2) is 24.4 Å². The summed E-state index contributed by atoms with van der Waals surface area (Å²) >= 11 is 0. The lowest BCUT2D eigenvalue weighted by Crippen LogP contribution is -2.34. The fraction of sp³-hybridized carbons (Fsp3) is 0.667. The molecule has 0 atom stereocenters. The maximum absolute atomic E-state index is 12.1. The zero-order chi connectivity index (χ0) is 7.56. The number of halogens is 1. The highest BCUT2D eigenvalue weighted by molar-refractivity contribution is 6.23. The van der Waals surface area contributed by atoms with Crippen molar-refractivity contribution in [2.24, 2.45) is 0 Å². The van der Waals surface area contributed by atoms with E-state index >= 15 is 0 Å². The number of rotatable bonds is 2. The van der Waals surface area contributed by atoms with Crippen LogP contribution in [0.3, 0.4) is 0 Å². The van der Waals surface area contributed by atoms with Crippen LogP contribution in [0.5, 0.6) is 0 Å². The molecule has 1 rings (SSSR count). The Balaban J connectivity index is 2.16. The quantitative estimate of drug-likeness (QED) is 0.443. The van der Waals surface area contributed by atoms with Crippen molar-refractivity contribution >= 4 is 12.1 Å². The first-order valence-corrected chi connectivity index (χ1v) is 3.12. The number of hydrogen-bond acceptors (Lipinski definition) is 3. The summed E-state index contributed by atoms with van der Waals surface area (Å²) in [7, 11) is 0. The Kier molecular flexibility index (Phi) is 1.99. The van der Waals surface area contributed by atoms with E-state index in [0.717, 1.165) is 6.21 Å². The first-order valence-electron chi connectivity index (χ1n) is 3.12. The van der Waals surface area contributed by atoms with Gasteiger partial charge in [0.1, 0.15) is 12.3 Å². The van der Waals surface area contributed by atoms with Crippen molar-refractivity contribution in [2.45, 2.75) is 25.1 Å². The Morgan fingerprint density at radius 3 is 2.60 bits per heavy atom. The Bertz CT molecular complexity index is 154. The normalized spacial score (nSPS) is 30.5. The smallest absolute Gasteiger partial charge is 0.224 e. The van der Waals surface area contributed by atoms with E-state index in [1.54, 1.807) is 0 Å². The van der Waals surface area contributed by atoms with Gasteiger partial charge in [-0.25, -0.2) is 4.39 Å². The van der Waals surface area contributed by atoms with E-state index in [0.29, 0.717) is 12.8 Å². The van der Waals surface area contributed by atoms with Crippen LogP contribution in [-0.2, 0) is 4.74 Å². The van der Waals surface area contributed by atoms with Crippen LogP contribution in [0, 0.1) is 10.8 Å². The summed E-state index contributed by atoms with van der Waals surface area (Å²) in [6.07, 6.45) is 0.630. The number of hydrogen-bond donors (Lipinski definition) is 2. The van der Waals surface area contributed by atoms with Crippen molar-refractivity contribution in [3.8, 4) is 0 Å². The standard InChI is InChI=1S/C6H9FN2O/c7-4-1-5(2-4)10-6(9)3-8/h3-5,8-9H,1-2H2. The van der Waals surface area contributed by atoms with Crippen molar-refractivity contribution in [2.75, 3.05) is 0 Å². The highest BCUT2D eigenvalue weighted by Gasteiger charge is 2.30. The van der Waals surface area contributed by atoms with Gasteiger partial charge >= 0.3 is 0 Å². The summed E-state index contributed by atoms with van der Waals surface area (Å²) in [5, 5.41) is 13.5. The monoisotopic (exact) mass is 144 g/mol. The van der Waals surface area contributed by atoms with E-state index in [-0.39, 0.29) is 12.0 Å². The lowest BCUT2D eigenvalue weighted by molar-refractivity contribution is 0.0338. The first kappa shape index (κ1) is 7.18. The van der Waals surface area contributed by atoms with Crippen molar-refractivity contribution in [1.29, 1.82) is 10.8 Å². The van der Waals surface area contributed by atoms with Crippen molar-refractivity contribution in [3.63, 3.8) is 0 Å². The molecule has 2 N–H and O–H groups in total. The Morgan fingerprint density at radius 1 is 1.60 bits per heavy atom. The van der Waals surface area contributed by atoms with Crippen molar-refractivity contribution in [1.82, 2.24) is 0 Å². The van der Waals surface area contributed by atoms with Gasteiger partial charge in [0, 0.05) is 12.8 Å². The molecule has 0 amide bonds. The van der Waals surface area contributed by atoms with Gasteiger partial charge in [0.2, 0.25) is 5.90 Å². The molecule has 1 saturated carbocycles. The van der Waals surface area contributed by atoms with Gasteiger partial charge in [-0.3, -0.25) is 5.41 Å². The molecule has 10 heavy (non-hydrogen) atoms. The third-order valence-corrected chi connectivity index (χ3v) is 1.46. The predicted octanol–water partition coefficient (Wildman–Crippen LogP) is 1.13. The minimum absolute atomic E-state index is 0.163. The molecule has 0 aromatic rings. The van der Waals surface area contributed by atoms with Gasteiger partial charge in [-0.1, -0.05) is 0 Å². The van der Waals surface area contributed by atoms with E-state index < -0.39 is 6.17 Å². The molecule has 1 fully saturated rings. The summed E-state index contributed by atoms with van der Waals surface area (Å²) in [4.78, 5) is 0. The highest BCUT2D eigenvalue weighted by atomic mass is 19.1. The van der Waals surface area contributed by atoms with E-state index in [1.807, 2.05) is 0 Å².